The molecule has 192 valence electrons. The number of pyridine rings is 1. The normalized spacial score (nSPS) is 18.6. The van der Waals surface area contributed by atoms with Gasteiger partial charge in [-0.3, -0.25) is 14.6 Å². The van der Waals surface area contributed by atoms with Gasteiger partial charge in [0.2, 0.25) is 15.9 Å². The summed E-state index contributed by atoms with van der Waals surface area (Å²) >= 11 is 0. The molecule has 3 heterocycles. The smallest absolute Gasteiger partial charge is 0.333 e. The fraction of sp³-hybridized carbons (Fsp3) is 0.417. The molecule has 2 aliphatic rings. The quantitative estimate of drug-likeness (QED) is 0.577. The topological polar surface area (TPSA) is 135 Å². The standard InChI is InChI=1S/C24H28N4O7S/c1-15-11-17(5-8-25-15)23(30)28-10-6-16-12-19(34-2)20(13-18(16)22(28)24(31)35-3)36(32,33)27-9-4-7-26-21(29)14-27/h5,8,11-13,22H,4,6-7,9-10,14H2,1-3H3,(H,26,29). The van der Waals surface area contributed by atoms with E-state index in [9.17, 15) is 22.8 Å². The Morgan fingerprint density at radius 1 is 1.17 bits per heavy atom. The van der Waals surface area contributed by atoms with Crippen LogP contribution in [0.25, 0.3) is 0 Å². The highest BCUT2D eigenvalue weighted by atomic mass is 32.2. The summed E-state index contributed by atoms with van der Waals surface area (Å²) in [6, 6.07) is 4.97. The Hall–Kier alpha value is -3.51. The number of ether oxygens (including phenoxy) is 2. The minimum atomic E-state index is -4.16. The average molecular weight is 517 g/mol. The zero-order chi connectivity index (χ0) is 26.0. The Morgan fingerprint density at radius 2 is 1.94 bits per heavy atom. The predicted molar refractivity (Wildman–Crippen MR) is 128 cm³/mol. The van der Waals surface area contributed by atoms with Crippen molar-refractivity contribution in [2.75, 3.05) is 40.4 Å². The van der Waals surface area contributed by atoms with Crippen molar-refractivity contribution in [3.63, 3.8) is 0 Å². The molecule has 2 aromatic rings. The highest BCUT2D eigenvalue weighted by Crippen LogP contribution is 2.38. The fourth-order valence-corrected chi connectivity index (χ4v) is 6.15. The van der Waals surface area contributed by atoms with Crippen LogP contribution in [-0.4, -0.2) is 80.8 Å². The number of carbonyl (C=O) groups is 3. The Morgan fingerprint density at radius 3 is 2.64 bits per heavy atom. The molecule has 12 heteroatoms. The van der Waals surface area contributed by atoms with E-state index in [0.717, 1.165) is 4.31 Å². The summed E-state index contributed by atoms with van der Waals surface area (Å²) in [6.45, 7) is 2.17. The molecular weight excluding hydrogens is 488 g/mol. The number of aryl methyl sites for hydroxylation is 1. The maximum absolute atomic E-state index is 13.6. The van der Waals surface area contributed by atoms with Crippen LogP contribution < -0.4 is 10.1 Å². The average Bonchev–Trinajstić information content (AvgIpc) is 3.11. The molecule has 1 aromatic heterocycles. The summed E-state index contributed by atoms with van der Waals surface area (Å²) in [4.78, 5) is 43.8. The number of benzene rings is 1. The van der Waals surface area contributed by atoms with E-state index in [2.05, 4.69) is 10.3 Å². The van der Waals surface area contributed by atoms with Crippen LogP contribution in [0.1, 0.15) is 39.6 Å². The first-order valence-corrected chi connectivity index (χ1v) is 12.9. The Labute approximate surface area is 209 Å². The van der Waals surface area contributed by atoms with Crippen LogP contribution >= 0.6 is 0 Å². The number of nitrogens with zero attached hydrogens (tertiary/aromatic N) is 3. The monoisotopic (exact) mass is 516 g/mol. The second-order valence-corrected chi connectivity index (χ2v) is 10.5. The van der Waals surface area contributed by atoms with Crippen molar-refractivity contribution in [3.8, 4) is 5.75 Å². The summed E-state index contributed by atoms with van der Waals surface area (Å²) in [5.74, 6) is -1.39. The number of amides is 2. The van der Waals surface area contributed by atoms with Crippen molar-refractivity contribution in [1.82, 2.24) is 19.5 Å². The molecule has 36 heavy (non-hydrogen) atoms. The Kier molecular flexibility index (Phi) is 7.27. The van der Waals surface area contributed by atoms with Gasteiger partial charge in [0.25, 0.3) is 5.91 Å². The lowest BCUT2D eigenvalue weighted by Crippen LogP contribution is -2.44. The molecule has 4 rings (SSSR count). The third-order valence-electron chi connectivity index (χ3n) is 6.33. The lowest BCUT2D eigenvalue weighted by atomic mass is 9.91. The molecule has 1 N–H and O–H groups in total. The lowest BCUT2D eigenvalue weighted by Gasteiger charge is -2.36. The predicted octanol–water partition coefficient (Wildman–Crippen LogP) is 0.822. The summed E-state index contributed by atoms with van der Waals surface area (Å²) in [6.07, 6.45) is 2.35. The van der Waals surface area contributed by atoms with Crippen LogP contribution in [0.15, 0.2) is 35.4 Å². The van der Waals surface area contributed by atoms with E-state index in [1.54, 1.807) is 25.1 Å². The third-order valence-corrected chi connectivity index (χ3v) is 8.19. The van der Waals surface area contributed by atoms with Gasteiger partial charge >= 0.3 is 5.97 Å². The van der Waals surface area contributed by atoms with Gasteiger partial charge in [0.1, 0.15) is 10.6 Å². The molecule has 1 atom stereocenters. The van der Waals surface area contributed by atoms with Gasteiger partial charge in [-0.1, -0.05) is 0 Å². The molecule has 1 aromatic carbocycles. The van der Waals surface area contributed by atoms with E-state index in [1.807, 2.05) is 0 Å². The highest BCUT2D eigenvalue weighted by molar-refractivity contribution is 7.89. The van der Waals surface area contributed by atoms with Crippen molar-refractivity contribution in [3.05, 3.63) is 52.8 Å². The van der Waals surface area contributed by atoms with Crippen molar-refractivity contribution in [1.29, 1.82) is 0 Å². The van der Waals surface area contributed by atoms with E-state index >= 15 is 0 Å². The minimum Gasteiger partial charge on any atom is -0.495 e. The number of sulfonamides is 1. The largest absolute Gasteiger partial charge is 0.495 e. The molecule has 2 aliphatic heterocycles. The number of fused-ring (bicyclic) bond motifs is 1. The SMILES string of the molecule is COC(=O)C1c2cc(S(=O)(=O)N3CCCNC(=O)C3)c(OC)cc2CCN1C(=O)c1ccnc(C)c1. The number of aromatic nitrogens is 1. The molecule has 1 fully saturated rings. The minimum absolute atomic E-state index is 0.103. The molecule has 0 saturated carbocycles. The van der Waals surface area contributed by atoms with Gasteiger partial charge < -0.3 is 19.7 Å². The van der Waals surface area contributed by atoms with E-state index in [1.165, 1.54) is 31.4 Å². The van der Waals surface area contributed by atoms with Crippen molar-refractivity contribution >= 4 is 27.8 Å². The van der Waals surface area contributed by atoms with E-state index < -0.39 is 33.8 Å². The molecule has 1 unspecified atom stereocenters. The van der Waals surface area contributed by atoms with E-state index in [-0.39, 0.29) is 30.3 Å². The number of nitrogens with one attached hydrogen (secondary N) is 1. The van der Waals surface area contributed by atoms with Crippen LogP contribution in [0.5, 0.6) is 5.75 Å². The highest BCUT2D eigenvalue weighted by Gasteiger charge is 2.40. The van der Waals surface area contributed by atoms with Crippen LogP contribution in [0.2, 0.25) is 0 Å². The fourth-order valence-electron chi connectivity index (χ4n) is 4.54. The molecule has 11 nitrogen and oxygen atoms in total. The number of hydrogen-bond donors (Lipinski definition) is 1. The lowest BCUT2D eigenvalue weighted by molar-refractivity contribution is -0.146. The maximum Gasteiger partial charge on any atom is 0.333 e. The summed E-state index contributed by atoms with van der Waals surface area (Å²) in [5, 5.41) is 2.66. The summed E-state index contributed by atoms with van der Waals surface area (Å²) < 4.78 is 38.8. The van der Waals surface area contributed by atoms with Gasteiger partial charge in [0.15, 0.2) is 6.04 Å². The molecule has 2 amide bonds. The summed E-state index contributed by atoms with van der Waals surface area (Å²) in [7, 11) is -1.59. The first-order chi connectivity index (χ1) is 17.2. The number of methoxy groups -OCH3 is 2. The zero-order valence-corrected chi connectivity index (χ0v) is 21.1. The van der Waals surface area contributed by atoms with Crippen molar-refractivity contribution < 1.29 is 32.3 Å². The molecule has 1 saturated heterocycles. The first-order valence-electron chi connectivity index (χ1n) is 11.5. The summed E-state index contributed by atoms with van der Waals surface area (Å²) in [5.41, 5.74) is 2.01. The van der Waals surface area contributed by atoms with Crippen LogP contribution in [-0.2, 0) is 30.8 Å². The number of carbonyl (C=O) groups excluding carboxylic acids is 3. The second-order valence-electron chi connectivity index (χ2n) is 8.60. The van der Waals surface area contributed by atoms with Crippen LogP contribution in [0.3, 0.4) is 0 Å². The molecular formula is C24H28N4O7S. The van der Waals surface area contributed by atoms with Gasteiger partial charge in [-0.05, 0) is 55.2 Å². The number of esters is 1. The molecule has 0 spiro atoms. The van der Waals surface area contributed by atoms with Gasteiger partial charge in [-0.2, -0.15) is 4.31 Å². The van der Waals surface area contributed by atoms with Gasteiger partial charge in [0, 0.05) is 37.1 Å². The van der Waals surface area contributed by atoms with Gasteiger partial charge in [-0.15, -0.1) is 0 Å². The Bertz CT molecular complexity index is 1310. The molecule has 0 aliphatic carbocycles. The van der Waals surface area contributed by atoms with E-state index in [4.69, 9.17) is 9.47 Å². The zero-order valence-electron chi connectivity index (χ0n) is 20.3. The van der Waals surface area contributed by atoms with Crippen LogP contribution in [0.4, 0.5) is 0 Å². The molecule has 0 radical (unpaired) electrons. The third kappa shape index (κ3) is 4.78. The first kappa shape index (κ1) is 25.6. The maximum atomic E-state index is 13.6. The number of hydrogen-bond acceptors (Lipinski definition) is 8. The van der Waals surface area contributed by atoms with E-state index in [0.29, 0.717) is 41.8 Å². The number of rotatable bonds is 5. The second kappa shape index (κ2) is 10.2. The van der Waals surface area contributed by atoms with Crippen molar-refractivity contribution in [2.45, 2.75) is 30.7 Å². The molecule has 0 bridgehead atoms. The van der Waals surface area contributed by atoms with Crippen LogP contribution in [0, 0.1) is 6.92 Å². The van der Waals surface area contributed by atoms with Crippen molar-refractivity contribution in [2.24, 2.45) is 0 Å². The Balaban J connectivity index is 1.82. The van der Waals surface area contributed by atoms with Gasteiger partial charge in [-0.25, -0.2) is 13.2 Å². The van der Waals surface area contributed by atoms with Gasteiger partial charge in [0.05, 0.1) is 20.8 Å².